The molecule has 0 radical (unpaired) electrons. The van der Waals surface area contributed by atoms with Crippen molar-refractivity contribution in [2.75, 3.05) is 0 Å². The van der Waals surface area contributed by atoms with E-state index in [1.165, 1.54) is 0 Å². The summed E-state index contributed by atoms with van der Waals surface area (Å²) >= 11 is 0. The molecule has 0 aliphatic heterocycles. The number of nitrogens with one attached hydrogen (secondary N) is 1. The predicted octanol–water partition coefficient (Wildman–Crippen LogP) is 0.880. The van der Waals surface area contributed by atoms with Crippen LogP contribution in [0.1, 0.15) is 33.1 Å². The van der Waals surface area contributed by atoms with Gasteiger partial charge in [-0.05, 0) is 12.8 Å². The van der Waals surface area contributed by atoms with Crippen LogP contribution in [-0.4, -0.2) is 18.2 Å². The normalized spacial score (nSPS) is 12.2. The van der Waals surface area contributed by atoms with E-state index < -0.39 is 0 Å². The number of rotatable bonds is 5. The van der Waals surface area contributed by atoms with Crippen molar-refractivity contribution >= 4 is 12.2 Å². The molecular formula is C8H15NO2. The fraction of sp³-hybridized carbons (Fsp3) is 0.750. The molecular weight excluding hydrogens is 142 g/mol. The SMILES string of the molecule is CCCC(=O)NC(C=O)CC. The van der Waals surface area contributed by atoms with Gasteiger partial charge in [0.1, 0.15) is 6.29 Å². The van der Waals surface area contributed by atoms with E-state index in [-0.39, 0.29) is 11.9 Å². The van der Waals surface area contributed by atoms with Gasteiger partial charge in [-0.1, -0.05) is 13.8 Å². The quantitative estimate of drug-likeness (QED) is 0.602. The molecule has 0 fully saturated rings. The molecule has 1 atom stereocenters. The summed E-state index contributed by atoms with van der Waals surface area (Å²) in [6.45, 7) is 3.80. The topological polar surface area (TPSA) is 46.2 Å². The minimum absolute atomic E-state index is 0.0357. The van der Waals surface area contributed by atoms with E-state index in [0.717, 1.165) is 12.7 Å². The van der Waals surface area contributed by atoms with Crippen LogP contribution in [0.2, 0.25) is 0 Å². The standard InChI is InChI=1S/C8H15NO2/c1-3-5-8(11)9-7(4-2)6-10/h6-7H,3-5H2,1-2H3,(H,9,11). The molecule has 0 aromatic heterocycles. The Morgan fingerprint density at radius 2 is 2.18 bits per heavy atom. The minimum atomic E-state index is -0.297. The van der Waals surface area contributed by atoms with Gasteiger partial charge in [0.2, 0.25) is 5.91 Å². The molecule has 0 aliphatic rings. The van der Waals surface area contributed by atoms with Gasteiger partial charge in [-0.3, -0.25) is 4.79 Å². The maximum Gasteiger partial charge on any atom is 0.220 e. The summed E-state index contributed by atoms with van der Waals surface area (Å²) in [6.07, 6.45) is 2.76. The molecule has 0 saturated heterocycles. The minimum Gasteiger partial charge on any atom is -0.347 e. The molecule has 3 nitrogen and oxygen atoms in total. The van der Waals surface area contributed by atoms with Crippen molar-refractivity contribution in [2.45, 2.75) is 39.2 Å². The molecule has 0 rings (SSSR count). The molecule has 1 amide bonds. The fourth-order valence-electron chi connectivity index (χ4n) is 0.738. The van der Waals surface area contributed by atoms with E-state index in [9.17, 15) is 9.59 Å². The van der Waals surface area contributed by atoms with E-state index >= 15 is 0 Å². The van der Waals surface area contributed by atoms with Gasteiger partial charge in [0, 0.05) is 6.42 Å². The van der Waals surface area contributed by atoms with Crippen LogP contribution in [0, 0.1) is 0 Å². The molecule has 0 aliphatic carbocycles. The Bertz CT molecular complexity index is 134. The highest BCUT2D eigenvalue weighted by atomic mass is 16.2. The first kappa shape index (κ1) is 10.1. The molecule has 3 heteroatoms. The third-order valence-corrected chi connectivity index (χ3v) is 1.43. The van der Waals surface area contributed by atoms with Crippen LogP contribution in [0.25, 0.3) is 0 Å². The van der Waals surface area contributed by atoms with Gasteiger partial charge in [0.25, 0.3) is 0 Å². The number of hydrogen-bond acceptors (Lipinski definition) is 2. The third-order valence-electron chi connectivity index (χ3n) is 1.43. The van der Waals surface area contributed by atoms with Gasteiger partial charge in [-0.25, -0.2) is 0 Å². The van der Waals surface area contributed by atoms with E-state index in [0.29, 0.717) is 12.8 Å². The second-order valence-electron chi connectivity index (χ2n) is 2.47. The highest BCUT2D eigenvalue weighted by Gasteiger charge is 2.06. The molecule has 0 bridgehead atoms. The van der Waals surface area contributed by atoms with Crippen molar-refractivity contribution in [3.8, 4) is 0 Å². The smallest absolute Gasteiger partial charge is 0.220 e. The van der Waals surface area contributed by atoms with E-state index in [1.807, 2.05) is 13.8 Å². The molecule has 1 N–H and O–H groups in total. The summed E-state index contributed by atoms with van der Waals surface area (Å²) in [5.41, 5.74) is 0. The predicted molar refractivity (Wildman–Crippen MR) is 43.2 cm³/mol. The molecule has 0 spiro atoms. The zero-order valence-electron chi connectivity index (χ0n) is 7.09. The maximum atomic E-state index is 10.9. The summed E-state index contributed by atoms with van der Waals surface area (Å²) in [5, 5.41) is 2.61. The van der Waals surface area contributed by atoms with Crippen LogP contribution in [0.5, 0.6) is 0 Å². The Labute approximate surface area is 67.2 Å². The average molecular weight is 157 g/mol. The van der Waals surface area contributed by atoms with Crippen molar-refractivity contribution in [2.24, 2.45) is 0 Å². The van der Waals surface area contributed by atoms with Crippen LogP contribution in [-0.2, 0) is 9.59 Å². The Morgan fingerprint density at radius 3 is 2.55 bits per heavy atom. The van der Waals surface area contributed by atoms with E-state index in [1.54, 1.807) is 0 Å². The molecule has 11 heavy (non-hydrogen) atoms. The first-order chi connectivity index (χ1) is 5.24. The van der Waals surface area contributed by atoms with Crippen molar-refractivity contribution < 1.29 is 9.59 Å². The number of hydrogen-bond donors (Lipinski definition) is 1. The largest absolute Gasteiger partial charge is 0.347 e. The molecule has 0 aromatic carbocycles. The van der Waals surface area contributed by atoms with Crippen molar-refractivity contribution in [3.05, 3.63) is 0 Å². The first-order valence-corrected chi connectivity index (χ1v) is 3.99. The zero-order chi connectivity index (χ0) is 8.69. The van der Waals surface area contributed by atoms with Crippen LogP contribution < -0.4 is 5.32 Å². The van der Waals surface area contributed by atoms with Gasteiger partial charge < -0.3 is 10.1 Å². The average Bonchev–Trinajstić information content (AvgIpc) is 2.01. The van der Waals surface area contributed by atoms with Gasteiger partial charge in [-0.2, -0.15) is 0 Å². The molecule has 64 valence electrons. The highest BCUT2D eigenvalue weighted by Crippen LogP contribution is 1.90. The number of carbonyl (C=O) groups is 2. The summed E-state index contributed by atoms with van der Waals surface area (Å²) in [6, 6.07) is -0.297. The summed E-state index contributed by atoms with van der Waals surface area (Å²) in [5.74, 6) is -0.0357. The van der Waals surface area contributed by atoms with Crippen LogP contribution in [0.3, 0.4) is 0 Å². The second-order valence-corrected chi connectivity index (χ2v) is 2.47. The maximum absolute atomic E-state index is 10.9. The lowest BCUT2D eigenvalue weighted by molar-refractivity contribution is -0.124. The first-order valence-electron chi connectivity index (χ1n) is 3.99. The lowest BCUT2D eigenvalue weighted by atomic mass is 10.2. The summed E-state index contributed by atoms with van der Waals surface area (Å²) in [7, 11) is 0. The van der Waals surface area contributed by atoms with Crippen molar-refractivity contribution in [1.29, 1.82) is 0 Å². The summed E-state index contributed by atoms with van der Waals surface area (Å²) < 4.78 is 0. The molecule has 0 aromatic rings. The third kappa shape index (κ3) is 4.53. The Kier molecular flexibility index (Phi) is 5.43. The Hall–Kier alpha value is -0.860. The van der Waals surface area contributed by atoms with Crippen LogP contribution in [0.15, 0.2) is 0 Å². The highest BCUT2D eigenvalue weighted by molar-refractivity contribution is 5.79. The van der Waals surface area contributed by atoms with Crippen molar-refractivity contribution in [1.82, 2.24) is 5.32 Å². The van der Waals surface area contributed by atoms with Gasteiger partial charge in [-0.15, -0.1) is 0 Å². The van der Waals surface area contributed by atoms with Crippen molar-refractivity contribution in [3.63, 3.8) is 0 Å². The fourth-order valence-corrected chi connectivity index (χ4v) is 0.738. The molecule has 0 saturated carbocycles. The van der Waals surface area contributed by atoms with Crippen LogP contribution >= 0.6 is 0 Å². The lowest BCUT2D eigenvalue weighted by Crippen LogP contribution is -2.35. The number of carbonyl (C=O) groups excluding carboxylic acids is 2. The Balaban J connectivity index is 3.62. The Morgan fingerprint density at radius 1 is 1.55 bits per heavy atom. The molecule has 0 heterocycles. The number of aldehydes is 1. The van der Waals surface area contributed by atoms with Gasteiger partial charge in [0.05, 0.1) is 6.04 Å². The zero-order valence-corrected chi connectivity index (χ0v) is 7.09. The van der Waals surface area contributed by atoms with Crippen LogP contribution in [0.4, 0.5) is 0 Å². The molecule has 1 unspecified atom stereocenters. The van der Waals surface area contributed by atoms with Gasteiger partial charge in [0.15, 0.2) is 0 Å². The summed E-state index contributed by atoms with van der Waals surface area (Å²) in [4.78, 5) is 21.2. The van der Waals surface area contributed by atoms with E-state index in [4.69, 9.17) is 0 Å². The monoisotopic (exact) mass is 157 g/mol. The second kappa shape index (κ2) is 5.89. The van der Waals surface area contributed by atoms with Gasteiger partial charge >= 0.3 is 0 Å². The lowest BCUT2D eigenvalue weighted by Gasteiger charge is -2.08. The van der Waals surface area contributed by atoms with E-state index in [2.05, 4.69) is 5.32 Å². The number of amides is 1.